The molecule has 0 unspecified atom stereocenters. The lowest BCUT2D eigenvalue weighted by molar-refractivity contribution is 0.577. The van der Waals surface area contributed by atoms with Crippen LogP contribution in [-0.4, -0.2) is 23.2 Å². The molecule has 0 aliphatic rings. The molecule has 0 aliphatic heterocycles. The van der Waals surface area contributed by atoms with E-state index >= 15 is 0 Å². The Balaban J connectivity index is 2.00. The number of nitrogens with two attached hydrogens (primary N) is 1. The molecule has 0 amide bonds. The summed E-state index contributed by atoms with van der Waals surface area (Å²) < 4.78 is 23.9. The molecule has 19 heavy (non-hydrogen) atoms. The van der Waals surface area contributed by atoms with Crippen LogP contribution in [0.15, 0.2) is 35.5 Å². The molecule has 102 valence electrons. The van der Waals surface area contributed by atoms with E-state index in [1.165, 1.54) is 10.1 Å². The van der Waals surface area contributed by atoms with E-state index in [2.05, 4.69) is 22.3 Å². The van der Waals surface area contributed by atoms with Gasteiger partial charge in [0, 0.05) is 13.5 Å². The highest BCUT2D eigenvalue weighted by Crippen LogP contribution is 2.09. The van der Waals surface area contributed by atoms with Crippen LogP contribution in [0.25, 0.3) is 0 Å². The first-order valence-electron chi connectivity index (χ1n) is 5.93. The monoisotopic (exact) mass is 280 g/mol. The second-order valence-corrected chi connectivity index (χ2v) is 5.80. The third-order valence-corrected chi connectivity index (χ3v) is 3.75. The van der Waals surface area contributed by atoms with Crippen molar-refractivity contribution in [1.29, 1.82) is 0 Å². The smallest absolute Gasteiger partial charge is 0.273 e. The van der Waals surface area contributed by atoms with Crippen LogP contribution in [0, 0.1) is 0 Å². The topological polar surface area (TPSA) is 90.9 Å². The van der Waals surface area contributed by atoms with Gasteiger partial charge in [-0.15, -0.1) is 10.2 Å². The van der Waals surface area contributed by atoms with E-state index in [9.17, 15) is 8.42 Å². The van der Waals surface area contributed by atoms with Crippen LogP contribution in [-0.2, 0) is 29.9 Å². The summed E-state index contributed by atoms with van der Waals surface area (Å²) in [5.41, 5.74) is 1.25. The lowest BCUT2D eigenvalue weighted by Gasteiger charge is -2.03. The van der Waals surface area contributed by atoms with E-state index in [0.717, 1.165) is 12.8 Å². The molecule has 1 heterocycles. The first-order chi connectivity index (χ1) is 8.98. The highest BCUT2D eigenvalue weighted by Gasteiger charge is 2.17. The number of benzene rings is 1. The van der Waals surface area contributed by atoms with Crippen molar-refractivity contribution in [2.45, 2.75) is 24.4 Å². The molecule has 0 spiro atoms. The van der Waals surface area contributed by atoms with E-state index < -0.39 is 10.0 Å². The number of sulfonamides is 1. The van der Waals surface area contributed by atoms with Crippen LogP contribution >= 0.6 is 0 Å². The summed E-state index contributed by atoms with van der Waals surface area (Å²) >= 11 is 0. The fraction of sp³-hybridized carbons (Fsp3) is 0.333. The molecule has 1 aromatic heterocycles. The summed E-state index contributed by atoms with van der Waals surface area (Å²) in [5.74, 6) is 0.625. The number of aryl methyl sites for hydroxylation is 2. The maximum absolute atomic E-state index is 11.2. The van der Waals surface area contributed by atoms with E-state index in [4.69, 9.17) is 5.14 Å². The van der Waals surface area contributed by atoms with Crippen molar-refractivity contribution < 1.29 is 8.42 Å². The second kappa shape index (κ2) is 5.50. The van der Waals surface area contributed by atoms with Gasteiger partial charge < -0.3 is 4.57 Å². The maximum Gasteiger partial charge on any atom is 0.273 e. The van der Waals surface area contributed by atoms with Gasteiger partial charge in [-0.3, -0.25) is 0 Å². The van der Waals surface area contributed by atoms with Crippen molar-refractivity contribution in [3.05, 3.63) is 41.7 Å². The van der Waals surface area contributed by atoms with Gasteiger partial charge in [-0.05, 0) is 18.4 Å². The number of hydrogen-bond acceptors (Lipinski definition) is 4. The summed E-state index contributed by atoms with van der Waals surface area (Å²) in [6.07, 6.45) is 2.45. The standard InChI is InChI=1S/C12H16N4O2S/c1-16-11(14-15-12(16)19(13,17)18)9-5-8-10-6-3-2-4-7-10/h2-4,6-7H,5,8-9H2,1H3,(H2,13,17,18). The maximum atomic E-state index is 11.2. The van der Waals surface area contributed by atoms with E-state index in [0.29, 0.717) is 12.2 Å². The van der Waals surface area contributed by atoms with Gasteiger partial charge in [-0.25, -0.2) is 13.6 Å². The minimum atomic E-state index is -3.80. The van der Waals surface area contributed by atoms with Gasteiger partial charge in [0.1, 0.15) is 5.82 Å². The average Bonchev–Trinajstić information content (AvgIpc) is 2.72. The minimum absolute atomic E-state index is 0.192. The quantitative estimate of drug-likeness (QED) is 0.870. The lowest BCUT2D eigenvalue weighted by atomic mass is 10.1. The predicted molar refractivity (Wildman–Crippen MR) is 70.8 cm³/mol. The fourth-order valence-corrected chi connectivity index (χ4v) is 2.55. The Labute approximate surface area is 112 Å². The van der Waals surface area contributed by atoms with Crippen LogP contribution in [0.1, 0.15) is 17.8 Å². The van der Waals surface area contributed by atoms with Gasteiger partial charge in [-0.1, -0.05) is 30.3 Å². The van der Waals surface area contributed by atoms with Crippen LogP contribution in [0.3, 0.4) is 0 Å². The molecule has 0 radical (unpaired) electrons. The minimum Gasteiger partial charge on any atom is -0.304 e. The van der Waals surface area contributed by atoms with Crippen molar-refractivity contribution in [2.75, 3.05) is 0 Å². The Morgan fingerprint density at radius 3 is 2.42 bits per heavy atom. The summed E-state index contributed by atoms with van der Waals surface area (Å²) in [4.78, 5) is 0. The number of hydrogen-bond donors (Lipinski definition) is 1. The molecule has 2 N–H and O–H groups in total. The molecule has 0 saturated heterocycles. The lowest BCUT2D eigenvalue weighted by Crippen LogP contribution is -2.17. The molecule has 7 heteroatoms. The van der Waals surface area contributed by atoms with Crippen molar-refractivity contribution in [3.8, 4) is 0 Å². The summed E-state index contributed by atoms with van der Waals surface area (Å²) in [5, 5.41) is 12.3. The van der Waals surface area contributed by atoms with Crippen LogP contribution in [0.2, 0.25) is 0 Å². The number of primary sulfonamides is 1. The Morgan fingerprint density at radius 2 is 1.84 bits per heavy atom. The zero-order chi connectivity index (χ0) is 13.9. The summed E-state index contributed by atoms with van der Waals surface area (Å²) in [6.45, 7) is 0. The van der Waals surface area contributed by atoms with Crippen molar-refractivity contribution in [3.63, 3.8) is 0 Å². The zero-order valence-corrected chi connectivity index (χ0v) is 11.5. The molecule has 0 bridgehead atoms. The normalized spacial score (nSPS) is 11.7. The molecule has 0 atom stereocenters. The Kier molecular flexibility index (Phi) is 3.96. The van der Waals surface area contributed by atoms with Crippen molar-refractivity contribution in [2.24, 2.45) is 12.2 Å². The predicted octanol–water partition coefficient (Wildman–Crippen LogP) is 0.638. The first kappa shape index (κ1) is 13.7. The number of nitrogens with zero attached hydrogens (tertiary/aromatic N) is 3. The van der Waals surface area contributed by atoms with Crippen molar-refractivity contribution >= 4 is 10.0 Å². The zero-order valence-electron chi connectivity index (χ0n) is 10.7. The SMILES string of the molecule is Cn1c(CCCc2ccccc2)nnc1S(N)(=O)=O. The Bertz CT molecular complexity index is 650. The van der Waals surface area contributed by atoms with Crippen LogP contribution in [0.4, 0.5) is 0 Å². The van der Waals surface area contributed by atoms with Gasteiger partial charge in [0.2, 0.25) is 0 Å². The van der Waals surface area contributed by atoms with E-state index in [-0.39, 0.29) is 5.16 Å². The van der Waals surface area contributed by atoms with Crippen LogP contribution < -0.4 is 5.14 Å². The van der Waals surface area contributed by atoms with Gasteiger partial charge in [0.15, 0.2) is 0 Å². The molecular weight excluding hydrogens is 264 g/mol. The summed E-state index contributed by atoms with van der Waals surface area (Å²) in [6, 6.07) is 10.1. The highest BCUT2D eigenvalue weighted by molar-refractivity contribution is 7.89. The molecule has 0 saturated carbocycles. The Morgan fingerprint density at radius 1 is 1.16 bits per heavy atom. The first-order valence-corrected chi connectivity index (χ1v) is 7.48. The van der Waals surface area contributed by atoms with Crippen LogP contribution in [0.5, 0.6) is 0 Å². The molecule has 2 aromatic rings. The van der Waals surface area contributed by atoms with Gasteiger partial charge in [0.25, 0.3) is 15.2 Å². The van der Waals surface area contributed by atoms with Gasteiger partial charge >= 0.3 is 0 Å². The van der Waals surface area contributed by atoms with E-state index in [1.54, 1.807) is 7.05 Å². The highest BCUT2D eigenvalue weighted by atomic mass is 32.2. The van der Waals surface area contributed by atoms with Crippen molar-refractivity contribution in [1.82, 2.24) is 14.8 Å². The van der Waals surface area contributed by atoms with Gasteiger partial charge in [0.05, 0.1) is 0 Å². The molecular formula is C12H16N4O2S. The molecule has 1 aromatic carbocycles. The Hall–Kier alpha value is -1.73. The largest absolute Gasteiger partial charge is 0.304 e. The molecule has 6 nitrogen and oxygen atoms in total. The number of rotatable bonds is 5. The third-order valence-electron chi connectivity index (χ3n) is 2.89. The second-order valence-electron chi connectivity index (χ2n) is 4.34. The summed E-state index contributed by atoms with van der Waals surface area (Å²) in [7, 11) is -2.19. The fourth-order valence-electron chi connectivity index (χ4n) is 1.91. The molecule has 2 rings (SSSR count). The van der Waals surface area contributed by atoms with E-state index in [1.807, 2.05) is 18.2 Å². The molecule has 0 fully saturated rings. The average molecular weight is 280 g/mol. The molecule has 0 aliphatic carbocycles. The number of aromatic nitrogens is 3. The van der Waals surface area contributed by atoms with Gasteiger partial charge in [-0.2, -0.15) is 0 Å². The third kappa shape index (κ3) is 3.39.